The predicted molar refractivity (Wildman–Crippen MR) is 260 cm³/mol. The van der Waals surface area contributed by atoms with Crippen molar-refractivity contribution in [1.82, 2.24) is 15.0 Å². The SMILES string of the molecule is c1ccc(-c2cccc(-c3cc(-c4ccccc4)nc(-c4cc(-c5cnc6c7ccccc7c7ccccc7c6n5)cc(-c5cc6ccccc6c6ccccc56)c4)c3)c2)cc1. The molecule has 0 radical (unpaired) electrons. The molecule has 0 fully saturated rings. The van der Waals surface area contributed by atoms with Crippen molar-refractivity contribution in [2.45, 2.75) is 0 Å². The topological polar surface area (TPSA) is 38.7 Å². The molecule has 3 nitrogen and oxygen atoms in total. The van der Waals surface area contributed by atoms with Crippen LogP contribution in [0.2, 0.25) is 0 Å². The largest absolute Gasteiger partial charge is 0.252 e. The quantitative estimate of drug-likeness (QED) is 0.158. The lowest BCUT2D eigenvalue weighted by Gasteiger charge is -2.16. The van der Waals surface area contributed by atoms with Crippen molar-refractivity contribution >= 4 is 54.1 Å². The molecule has 0 aliphatic heterocycles. The van der Waals surface area contributed by atoms with Gasteiger partial charge in [-0.3, -0.25) is 4.98 Å². The van der Waals surface area contributed by atoms with Crippen molar-refractivity contribution in [3.8, 4) is 67.2 Å². The van der Waals surface area contributed by atoms with E-state index in [1.807, 2.05) is 6.20 Å². The lowest BCUT2D eigenvalue weighted by molar-refractivity contribution is 1.30. The summed E-state index contributed by atoms with van der Waals surface area (Å²) >= 11 is 0. The van der Waals surface area contributed by atoms with Gasteiger partial charge in [-0.15, -0.1) is 0 Å². The lowest BCUT2D eigenvalue weighted by atomic mass is 9.90. The summed E-state index contributed by atoms with van der Waals surface area (Å²) in [6.07, 6.45) is 1.94. The van der Waals surface area contributed by atoms with Crippen LogP contribution in [0.25, 0.3) is 121 Å². The van der Waals surface area contributed by atoms with Gasteiger partial charge < -0.3 is 0 Å². The Labute approximate surface area is 359 Å². The highest BCUT2D eigenvalue weighted by molar-refractivity contribution is 6.23. The summed E-state index contributed by atoms with van der Waals surface area (Å²) in [4.78, 5) is 16.1. The van der Waals surface area contributed by atoms with Crippen LogP contribution < -0.4 is 0 Å². The maximum Gasteiger partial charge on any atom is 0.0979 e. The van der Waals surface area contributed by atoms with Crippen LogP contribution in [0.15, 0.2) is 225 Å². The fourth-order valence-corrected chi connectivity index (χ4v) is 9.24. The first kappa shape index (κ1) is 35.7. The zero-order valence-electron chi connectivity index (χ0n) is 33.7. The van der Waals surface area contributed by atoms with E-state index in [1.165, 1.54) is 43.4 Å². The number of fused-ring (bicyclic) bond motifs is 9. The molecule has 3 heteroatoms. The molecule has 0 saturated heterocycles. The average molecular weight is 788 g/mol. The molecular formula is C59H37N3. The van der Waals surface area contributed by atoms with Crippen molar-refractivity contribution in [1.29, 1.82) is 0 Å². The van der Waals surface area contributed by atoms with Crippen LogP contribution in [0.4, 0.5) is 0 Å². The van der Waals surface area contributed by atoms with E-state index in [4.69, 9.17) is 15.0 Å². The van der Waals surface area contributed by atoms with Gasteiger partial charge in [0.05, 0.1) is 34.3 Å². The van der Waals surface area contributed by atoms with Gasteiger partial charge in [0.1, 0.15) is 0 Å². The van der Waals surface area contributed by atoms with E-state index < -0.39 is 0 Å². The molecule has 0 amide bonds. The van der Waals surface area contributed by atoms with Gasteiger partial charge in [-0.25, -0.2) is 9.97 Å². The molecule has 0 bridgehead atoms. The van der Waals surface area contributed by atoms with Gasteiger partial charge >= 0.3 is 0 Å². The van der Waals surface area contributed by atoms with Crippen LogP contribution in [0.3, 0.4) is 0 Å². The standard InChI is InChI=1S/C59H37N3/c1-3-16-38(17-4-1)40-21-15-22-41(30-40)43-35-55(39-18-5-2-6-19-39)61-56(36-43)45-31-44(54-34-42-20-7-8-23-47(42)48-24-9-10-27-51(48)54)32-46(33-45)57-37-60-58-52-28-13-11-25-49(52)50-26-12-14-29-53(50)59(58)62-57/h1-37H. The highest BCUT2D eigenvalue weighted by atomic mass is 14.8. The third-order valence-corrected chi connectivity index (χ3v) is 12.2. The first-order valence-corrected chi connectivity index (χ1v) is 21.1. The zero-order valence-corrected chi connectivity index (χ0v) is 33.7. The Bertz CT molecular complexity index is 3650. The van der Waals surface area contributed by atoms with Crippen molar-refractivity contribution in [2.75, 3.05) is 0 Å². The smallest absolute Gasteiger partial charge is 0.0979 e. The Hall–Kier alpha value is -8.27. The maximum atomic E-state index is 5.49. The average Bonchev–Trinajstić information content (AvgIpc) is 3.36. The lowest BCUT2D eigenvalue weighted by Crippen LogP contribution is -1.95. The molecular weight excluding hydrogens is 751 g/mol. The zero-order chi connectivity index (χ0) is 41.0. The third kappa shape index (κ3) is 6.18. The van der Waals surface area contributed by atoms with E-state index >= 15 is 0 Å². The van der Waals surface area contributed by atoms with Crippen LogP contribution in [0.5, 0.6) is 0 Å². The Morgan fingerprint density at radius 1 is 0.242 bits per heavy atom. The second-order valence-electron chi connectivity index (χ2n) is 16.0. The van der Waals surface area contributed by atoms with Crippen molar-refractivity contribution in [3.63, 3.8) is 0 Å². The van der Waals surface area contributed by atoms with Gasteiger partial charge in [0.15, 0.2) is 0 Å². The van der Waals surface area contributed by atoms with E-state index in [9.17, 15) is 0 Å². The van der Waals surface area contributed by atoms with Crippen molar-refractivity contribution in [3.05, 3.63) is 225 Å². The van der Waals surface area contributed by atoms with E-state index in [0.29, 0.717) is 0 Å². The second kappa shape index (κ2) is 14.8. The molecule has 0 aliphatic carbocycles. The normalized spacial score (nSPS) is 11.5. The van der Waals surface area contributed by atoms with Crippen molar-refractivity contribution < 1.29 is 0 Å². The van der Waals surface area contributed by atoms with Gasteiger partial charge in [0, 0.05) is 27.5 Å². The molecule has 0 atom stereocenters. The summed E-state index contributed by atoms with van der Waals surface area (Å²) in [6, 6.07) is 77.9. The van der Waals surface area contributed by atoms with E-state index in [0.717, 1.165) is 77.8 Å². The maximum absolute atomic E-state index is 5.49. The third-order valence-electron chi connectivity index (χ3n) is 12.2. The molecule has 0 N–H and O–H groups in total. The van der Waals surface area contributed by atoms with Crippen LogP contribution in [0.1, 0.15) is 0 Å². The molecule has 2 heterocycles. The highest BCUT2D eigenvalue weighted by Gasteiger charge is 2.18. The number of nitrogens with zero attached hydrogens (tertiary/aromatic N) is 3. The Morgan fingerprint density at radius 2 is 0.710 bits per heavy atom. The van der Waals surface area contributed by atoms with E-state index in [-0.39, 0.29) is 0 Å². The molecule has 0 aliphatic rings. The van der Waals surface area contributed by atoms with Crippen molar-refractivity contribution in [2.24, 2.45) is 0 Å². The number of rotatable bonds is 6. The fourth-order valence-electron chi connectivity index (χ4n) is 9.24. The van der Waals surface area contributed by atoms with Gasteiger partial charge in [-0.2, -0.15) is 0 Å². The molecule has 12 aromatic rings. The number of hydrogen-bond donors (Lipinski definition) is 0. The van der Waals surface area contributed by atoms with E-state index in [2.05, 4.69) is 218 Å². The second-order valence-corrected chi connectivity index (χ2v) is 16.0. The predicted octanol–water partition coefficient (Wildman–Crippen LogP) is 15.6. The fraction of sp³-hybridized carbons (Fsp3) is 0. The summed E-state index contributed by atoms with van der Waals surface area (Å²) in [5.74, 6) is 0. The molecule has 0 spiro atoms. The monoisotopic (exact) mass is 787 g/mol. The number of hydrogen-bond acceptors (Lipinski definition) is 3. The van der Waals surface area contributed by atoms with Gasteiger partial charge in [-0.05, 0) is 108 Å². The van der Waals surface area contributed by atoms with Crippen LogP contribution in [-0.4, -0.2) is 15.0 Å². The number of benzene rings is 10. The Balaban J connectivity index is 1.12. The van der Waals surface area contributed by atoms with E-state index in [1.54, 1.807) is 0 Å². The van der Waals surface area contributed by atoms with Gasteiger partial charge in [0.2, 0.25) is 0 Å². The summed E-state index contributed by atoms with van der Waals surface area (Å²) in [5, 5.41) is 9.39. The molecule has 10 aromatic carbocycles. The van der Waals surface area contributed by atoms with Crippen LogP contribution >= 0.6 is 0 Å². The molecule has 288 valence electrons. The molecule has 12 rings (SSSR count). The minimum absolute atomic E-state index is 0.807. The Kier molecular flexibility index (Phi) is 8.50. The number of aromatic nitrogens is 3. The summed E-state index contributed by atoms with van der Waals surface area (Å²) in [7, 11) is 0. The minimum atomic E-state index is 0.807. The first-order chi connectivity index (χ1) is 30.7. The molecule has 0 saturated carbocycles. The molecule has 62 heavy (non-hydrogen) atoms. The number of pyridine rings is 1. The summed E-state index contributed by atoms with van der Waals surface area (Å²) in [6.45, 7) is 0. The minimum Gasteiger partial charge on any atom is -0.252 e. The summed E-state index contributed by atoms with van der Waals surface area (Å²) < 4.78 is 0. The summed E-state index contributed by atoms with van der Waals surface area (Å²) in [5.41, 5.74) is 14.2. The van der Waals surface area contributed by atoms with Gasteiger partial charge in [-0.1, -0.05) is 176 Å². The molecule has 2 aromatic heterocycles. The highest BCUT2D eigenvalue weighted by Crippen LogP contribution is 2.41. The van der Waals surface area contributed by atoms with Crippen LogP contribution in [-0.2, 0) is 0 Å². The van der Waals surface area contributed by atoms with Crippen LogP contribution in [0, 0.1) is 0 Å². The van der Waals surface area contributed by atoms with Gasteiger partial charge in [0.25, 0.3) is 0 Å². The molecule has 0 unspecified atom stereocenters. The Morgan fingerprint density at radius 3 is 1.40 bits per heavy atom. The first-order valence-electron chi connectivity index (χ1n) is 21.1.